The van der Waals surface area contributed by atoms with Gasteiger partial charge in [0.2, 0.25) is 5.91 Å². The average Bonchev–Trinajstić information content (AvgIpc) is 2.93. The molecule has 2 atom stereocenters. The Morgan fingerprint density at radius 2 is 2.05 bits per heavy atom. The summed E-state index contributed by atoms with van der Waals surface area (Å²) in [5.74, 6) is 0.602. The highest BCUT2D eigenvalue weighted by molar-refractivity contribution is 8.04. The number of Topliss-reactive ketones (excluding diaryl/α,β-unsaturated/α-hetero) is 1. The highest BCUT2D eigenvalue weighted by Gasteiger charge is 2.36. The van der Waals surface area contributed by atoms with Crippen LogP contribution < -0.4 is 5.73 Å². The summed E-state index contributed by atoms with van der Waals surface area (Å²) in [6, 6.07) is 7.45. The van der Waals surface area contributed by atoms with E-state index in [9.17, 15) is 9.59 Å². The number of piperidine rings is 1. The molecule has 1 amide bonds. The molecule has 22 heavy (non-hydrogen) atoms. The Morgan fingerprint density at radius 3 is 2.73 bits per heavy atom. The summed E-state index contributed by atoms with van der Waals surface area (Å²) in [4.78, 5) is 26.7. The molecule has 2 heterocycles. The van der Waals surface area contributed by atoms with Gasteiger partial charge in [-0.05, 0) is 31.0 Å². The predicted octanol–water partition coefficient (Wildman–Crippen LogP) is 2.25. The number of nitrogens with zero attached hydrogens (tertiary/aromatic N) is 1. The molecule has 1 aromatic rings. The van der Waals surface area contributed by atoms with Crippen LogP contribution in [0, 0.1) is 5.92 Å². The molecular formula is C17H20N2O2S. The lowest BCUT2D eigenvalue weighted by Gasteiger charge is -2.34. The third-order valence-electron chi connectivity index (χ3n) is 4.27. The Hall–Kier alpha value is -1.75. The minimum Gasteiger partial charge on any atom is -0.399 e. The van der Waals surface area contributed by atoms with E-state index in [1.807, 2.05) is 29.2 Å². The number of allylic oxidation sites excluding steroid dienone is 1. The molecule has 0 aromatic heterocycles. The second kappa shape index (κ2) is 6.16. The third kappa shape index (κ3) is 3.19. The van der Waals surface area contributed by atoms with Gasteiger partial charge in [0.15, 0.2) is 5.78 Å². The summed E-state index contributed by atoms with van der Waals surface area (Å²) in [5, 5.41) is 0.458. The lowest BCUT2D eigenvalue weighted by atomic mass is 9.96. The number of nitrogens with two attached hydrogens (primary N) is 1. The van der Waals surface area contributed by atoms with E-state index in [1.165, 1.54) is 0 Å². The molecule has 116 valence electrons. The Kier molecular flexibility index (Phi) is 4.25. The van der Waals surface area contributed by atoms with Crippen LogP contribution in [0.1, 0.15) is 18.9 Å². The van der Waals surface area contributed by atoms with Crippen molar-refractivity contribution in [3.8, 4) is 0 Å². The summed E-state index contributed by atoms with van der Waals surface area (Å²) < 4.78 is 0. The van der Waals surface area contributed by atoms with Crippen LogP contribution in [0.3, 0.4) is 0 Å². The van der Waals surface area contributed by atoms with Crippen LogP contribution in [0.25, 0.3) is 0 Å². The maximum Gasteiger partial charge on any atom is 0.227 e. The number of fused-ring (bicyclic) bond motifs is 1. The van der Waals surface area contributed by atoms with Gasteiger partial charge in [-0.3, -0.25) is 9.59 Å². The van der Waals surface area contributed by atoms with E-state index in [0.29, 0.717) is 23.3 Å². The molecule has 4 nitrogen and oxygen atoms in total. The Bertz CT molecular complexity index is 624. The molecule has 1 saturated heterocycles. The van der Waals surface area contributed by atoms with Gasteiger partial charge in [0.1, 0.15) is 0 Å². The summed E-state index contributed by atoms with van der Waals surface area (Å²) in [5.41, 5.74) is 7.36. The van der Waals surface area contributed by atoms with Crippen LogP contribution in [0.15, 0.2) is 35.2 Å². The highest BCUT2D eigenvalue weighted by Crippen LogP contribution is 2.41. The summed E-state index contributed by atoms with van der Waals surface area (Å²) in [7, 11) is 0. The second-order valence-corrected chi connectivity index (χ2v) is 7.24. The first-order chi connectivity index (χ1) is 10.5. The zero-order chi connectivity index (χ0) is 15.7. The van der Waals surface area contributed by atoms with Crippen LogP contribution >= 0.6 is 11.8 Å². The molecule has 5 heteroatoms. The van der Waals surface area contributed by atoms with E-state index in [0.717, 1.165) is 30.0 Å². The summed E-state index contributed by atoms with van der Waals surface area (Å²) in [6.45, 7) is 3.11. The molecule has 0 bridgehead atoms. The number of rotatable bonds is 3. The largest absolute Gasteiger partial charge is 0.399 e. The van der Waals surface area contributed by atoms with Crippen molar-refractivity contribution in [3.05, 3.63) is 40.8 Å². The van der Waals surface area contributed by atoms with E-state index < -0.39 is 0 Å². The quantitative estimate of drug-likeness (QED) is 0.869. The molecule has 2 unspecified atom stereocenters. The van der Waals surface area contributed by atoms with Crippen molar-refractivity contribution < 1.29 is 9.59 Å². The average molecular weight is 316 g/mol. The van der Waals surface area contributed by atoms with Gasteiger partial charge in [-0.25, -0.2) is 0 Å². The second-order valence-electron chi connectivity index (χ2n) is 5.95. The van der Waals surface area contributed by atoms with Gasteiger partial charge in [0, 0.05) is 34.8 Å². The number of benzene rings is 1. The van der Waals surface area contributed by atoms with Crippen molar-refractivity contribution in [3.63, 3.8) is 0 Å². The fraction of sp³-hybridized carbons (Fsp3) is 0.412. The van der Waals surface area contributed by atoms with Gasteiger partial charge in [0.25, 0.3) is 0 Å². The van der Waals surface area contributed by atoms with Crippen molar-refractivity contribution in [2.24, 2.45) is 5.92 Å². The minimum atomic E-state index is 0.138. The molecule has 2 aliphatic heterocycles. The molecule has 0 saturated carbocycles. The zero-order valence-electron chi connectivity index (χ0n) is 12.6. The fourth-order valence-corrected chi connectivity index (χ4v) is 4.32. The van der Waals surface area contributed by atoms with Crippen LogP contribution in [0.4, 0.5) is 5.69 Å². The van der Waals surface area contributed by atoms with E-state index in [-0.39, 0.29) is 11.7 Å². The lowest BCUT2D eigenvalue weighted by Crippen LogP contribution is -2.44. The third-order valence-corrected chi connectivity index (χ3v) is 5.84. The van der Waals surface area contributed by atoms with Gasteiger partial charge in [-0.15, -0.1) is 11.8 Å². The first kappa shape index (κ1) is 15.2. The van der Waals surface area contributed by atoms with Crippen LogP contribution in [0.5, 0.6) is 0 Å². The molecule has 3 rings (SSSR count). The number of amides is 1. The Morgan fingerprint density at radius 1 is 1.32 bits per heavy atom. The zero-order valence-corrected chi connectivity index (χ0v) is 13.4. The van der Waals surface area contributed by atoms with E-state index in [1.54, 1.807) is 18.7 Å². The predicted molar refractivity (Wildman–Crippen MR) is 89.4 cm³/mol. The van der Waals surface area contributed by atoms with Crippen molar-refractivity contribution in [2.45, 2.75) is 25.0 Å². The Labute approximate surface area is 134 Å². The molecule has 2 N–H and O–H groups in total. The van der Waals surface area contributed by atoms with Gasteiger partial charge in [-0.1, -0.05) is 18.2 Å². The summed E-state index contributed by atoms with van der Waals surface area (Å²) in [6.07, 6.45) is 3.42. The number of ketones is 1. The normalized spacial score (nSPS) is 23.9. The minimum absolute atomic E-state index is 0.138. The van der Waals surface area contributed by atoms with Crippen molar-refractivity contribution in [1.82, 2.24) is 4.90 Å². The SMILES string of the molecule is CC(=O)C1=CC2CN(C(=O)Cc3ccc(N)cc3)CCC2S1. The van der Waals surface area contributed by atoms with E-state index in [2.05, 4.69) is 6.08 Å². The smallest absolute Gasteiger partial charge is 0.227 e. The molecule has 0 radical (unpaired) electrons. The lowest BCUT2D eigenvalue weighted by molar-refractivity contribution is -0.131. The van der Waals surface area contributed by atoms with Crippen molar-refractivity contribution in [2.75, 3.05) is 18.8 Å². The maximum absolute atomic E-state index is 12.5. The van der Waals surface area contributed by atoms with Gasteiger partial charge >= 0.3 is 0 Å². The van der Waals surface area contributed by atoms with E-state index >= 15 is 0 Å². The van der Waals surface area contributed by atoms with Gasteiger partial charge < -0.3 is 10.6 Å². The molecule has 1 fully saturated rings. The van der Waals surface area contributed by atoms with Crippen LogP contribution in [-0.4, -0.2) is 34.9 Å². The molecule has 0 aliphatic carbocycles. The van der Waals surface area contributed by atoms with Crippen LogP contribution in [0.2, 0.25) is 0 Å². The van der Waals surface area contributed by atoms with Crippen LogP contribution in [-0.2, 0) is 16.0 Å². The molecular weight excluding hydrogens is 296 g/mol. The number of hydrogen-bond acceptors (Lipinski definition) is 4. The summed E-state index contributed by atoms with van der Waals surface area (Å²) >= 11 is 1.68. The monoisotopic (exact) mass is 316 g/mol. The number of thioether (sulfide) groups is 1. The number of anilines is 1. The standard InChI is InChI=1S/C17H20N2O2S/c1-11(20)16-9-13-10-19(7-6-15(13)22-16)17(21)8-12-2-4-14(18)5-3-12/h2-5,9,13,15H,6-8,10,18H2,1H3. The Balaban J connectivity index is 1.62. The van der Waals surface area contributed by atoms with Crippen molar-refractivity contribution >= 4 is 29.1 Å². The highest BCUT2D eigenvalue weighted by atomic mass is 32.2. The number of likely N-dealkylation sites (tertiary alicyclic amines) is 1. The van der Waals surface area contributed by atoms with Crippen molar-refractivity contribution in [1.29, 1.82) is 0 Å². The number of carbonyl (C=O) groups excluding carboxylic acids is 2. The fourth-order valence-electron chi connectivity index (χ4n) is 3.01. The topological polar surface area (TPSA) is 63.4 Å². The number of hydrogen-bond donors (Lipinski definition) is 1. The molecule has 1 aromatic carbocycles. The van der Waals surface area contributed by atoms with Gasteiger partial charge in [-0.2, -0.15) is 0 Å². The first-order valence-electron chi connectivity index (χ1n) is 7.54. The molecule has 0 spiro atoms. The van der Waals surface area contributed by atoms with Gasteiger partial charge in [0.05, 0.1) is 6.42 Å². The number of carbonyl (C=O) groups is 2. The number of nitrogen functional groups attached to an aromatic ring is 1. The molecule has 2 aliphatic rings. The van der Waals surface area contributed by atoms with E-state index in [4.69, 9.17) is 5.73 Å². The maximum atomic E-state index is 12.5. The first-order valence-corrected chi connectivity index (χ1v) is 8.42.